The van der Waals surface area contributed by atoms with E-state index in [0.717, 1.165) is 16.6 Å². The quantitative estimate of drug-likeness (QED) is 0.718. The lowest BCUT2D eigenvalue weighted by atomic mass is 10.2. The summed E-state index contributed by atoms with van der Waals surface area (Å²) in [6, 6.07) is 13.8. The fourth-order valence-corrected chi connectivity index (χ4v) is 2.54. The normalized spacial score (nSPS) is 10.6. The summed E-state index contributed by atoms with van der Waals surface area (Å²) >= 11 is 5.69. The number of carbonyl (C=O) groups excluding carboxylic acids is 1. The molecule has 0 radical (unpaired) electrons. The van der Waals surface area contributed by atoms with Crippen LogP contribution >= 0.6 is 11.6 Å². The summed E-state index contributed by atoms with van der Waals surface area (Å²) < 4.78 is 13.1. The van der Waals surface area contributed by atoms with Gasteiger partial charge < -0.3 is 10.6 Å². The highest BCUT2D eigenvalue weighted by Gasteiger charge is 2.06. The third-order valence-electron chi connectivity index (χ3n) is 3.50. The van der Waals surface area contributed by atoms with E-state index in [2.05, 4.69) is 15.6 Å². The van der Waals surface area contributed by atoms with Crippen molar-refractivity contribution in [2.45, 2.75) is 6.42 Å². The predicted molar refractivity (Wildman–Crippen MR) is 94.9 cm³/mol. The van der Waals surface area contributed by atoms with Gasteiger partial charge in [-0.3, -0.25) is 9.78 Å². The second-order valence-corrected chi connectivity index (χ2v) is 5.64. The first-order chi connectivity index (χ1) is 11.6. The minimum absolute atomic E-state index is 0.0206. The van der Waals surface area contributed by atoms with Crippen molar-refractivity contribution < 1.29 is 9.18 Å². The summed E-state index contributed by atoms with van der Waals surface area (Å²) in [6.07, 6.45) is 2.00. The number of amides is 1. The van der Waals surface area contributed by atoms with E-state index in [-0.39, 0.29) is 17.4 Å². The largest absolute Gasteiger partial charge is 0.383 e. The van der Waals surface area contributed by atoms with Crippen LogP contribution in [0, 0.1) is 5.82 Å². The zero-order chi connectivity index (χ0) is 16.9. The first-order valence-corrected chi connectivity index (χ1v) is 7.84. The average molecular weight is 344 g/mol. The Morgan fingerprint density at radius 2 is 2.00 bits per heavy atom. The van der Waals surface area contributed by atoms with Gasteiger partial charge in [-0.2, -0.15) is 0 Å². The third kappa shape index (κ3) is 3.81. The second kappa shape index (κ2) is 7.27. The molecule has 0 saturated heterocycles. The molecular weight excluding hydrogens is 329 g/mol. The number of aromatic nitrogens is 1. The van der Waals surface area contributed by atoms with E-state index < -0.39 is 5.82 Å². The molecule has 0 bridgehead atoms. The maximum atomic E-state index is 13.1. The standard InChI is InChI=1S/C18H15ClFN3O/c19-14-11-13(6-7-15(14)20)23-17(24)8-10-21-16-5-1-3-12-4-2-9-22-18(12)16/h1-7,9,11,21H,8,10H2,(H,23,24). The fraction of sp³-hybridized carbons (Fsp3) is 0.111. The van der Waals surface area contributed by atoms with Crippen LogP contribution in [-0.4, -0.2) is 17.4 Å². The molecular formula is C18H15ClFN3O. The molecule has 0 aliphatic carbocycles. The number of nitrogens with one attached hydrogen (secondary N) is 2. The highest BCUT2D eigenvalue weighted by Crippen LogP contribution is 2.21. The Bertz CT molecular complexity index is 880. The van der Waals surface area contributed by atoms with E-state index in [1.165, 1.54) is 18.2 Å². The number of benzene rings is 2. The Morgan fingerprint density at radius 3 is 2.83 bits per heavy atom. The smallest absolute Gasteiger partial charge is 0.226 e. The van der Waals surface area contributed by atoms with E-state index in [4.69, 9.17) is 11.6 Å². The predicted octanol–water partition coefficient (Wildman–Crippen LogP) is 4.47. The number of hydrogen-bond acceptors (Lipinski definition) is 3. The van der Waals surface area contributed by atoms with Gasteiger partial charge in [-0.1, -0.05) is 29.8 Å². The van der Waals surface area contributed by atoms with Crippen molar-refractivity contribution in [3.8, 4) is 0 Å². The Labute approximate surface area is 143 Å². The number of carbonyl (C=O) groups is 1. The van der Waals surface area contributed by atoms with Crippen molar-refractivity contribution >= 4 is 39.8 Å². The zero-order valence-corrected chi connectivity index (χ0v) is 13.5. The highest BCUT2D eigenvalue weighted by molar-refractivity contribution is 6.31. The van der Waals surface area contributed by atoms with Crippen molar-refractivity contribution in [1.29, 1.82) is 0 Å². The van der Waals surface area contributed by atoms with E-state index >= 15 is 0 Å². The molecule has 1 amide bonds. The van der Waals surface area contributed by atoms with E-state index in [1.807, 2.05) is 30.3 Å². The van der Waals surface area contributed by atoms with Gasteiger partial charge in [-0.25, -0.2) is 4.39 Å². The highest BCUT2D eigenvalue weighted by atomic mass is 35.5. The van der Waals surface area contributed by atoms with Gasteiger partial charge in [0.1, 0.15) is 5.82 Å². The van der Waals surface area contributed by atoms with Crippen LogP contribution in [0.4, 0.5) is 15.8 Å². The molecule has 3 rings (SSSR count). The van der Waals surface area contributed by atoms with E-state index in [0.29, 0.717) is 12.2 Å². The summed E-state index contributed by atoms with van der Waals surface area (Å²) in [4.78, 5) is 16.3. The molecule has 0 aliphatic rings. The third-order valence-corrected chi connectivity index (χ3v) is 3.79. The summed E-state index contributed by atoms with van der Waals surface area (Å²) in [5, 5.41) is 6.92. The number of nitrogens with zero attached hydrogens (tertiary/aromatic N) is 1. The molecule has 1 heterocycles. The average Bonchev–Trinajstić information content (AvgIpc) is 2.58. The molecule has 6 heteroatoms. The number of halogens is 2. The maximum absolute atomic E-state index is 13.1. The van der Waals surface area contributed by atoms with Crippen LogP contribution in [0.3, 0.4) is 0 Å². The Hall–Kier alpha value is -2.66. The van der Waals surface area contributed by atoms with Gasteiger partial charge in [-0.15, -0.1) is 0 Å². The number of pyridine rings is 1. The monoisotopic (exact) mass is 343 g/mol. The summed E-state index contributed by atoms with van der Waals surface area (Å²) in [6.45, 7) is 0.455. The number of anilines is 2. The molecule has 0 saturated carbocycles. The van der Waals surface area contributed by atoms with Gasteiger partial charge in [0, 0.05) is 30.2 Å². The van der Waals surface area contributed by atoms with Gasteiger partial charge in [0.15, 0.2) is 0 Å². The Balaban J connectivity index is 1.57. The van der Waals surface area contributed by atoms with Crippen LogP contribution in [0.25, 0.3) is 10.9 Å². The van der Waals surface area contributed by atoms with Gasteiger partial charge >= 0.3 is 0 Å². The fourth-order valence-electron chi connectivity index (χ4n) is 2.35. The van der Waals surface area contributed by atoms with Gasteiger partial charge in [0.05, 0.1) is 16.2 Å². The van der Waals surface area contributed by atoms with Crippen LogP contribution in [0.5, 0.6) is 0 Å². The molecule has 2 aromatic carbocycles. The summed E-state index contributed by atoms with van der Waals surface area (Å²) in [5.41, 5.74) is 2.22. The maximum Gasteiger partial charge on any atom is 0.226 e. The molecule has 4 nitrogen and oxygen atoms in total. The first kappa shape index (κ1) is 16.2. The zero-order valence-electron chi connectivity index (χ0n) is 12.7. The minimum Gasteiger partial charge on any atom is -0.383 e. The molecule has 0 atom stereocenters. The number of para-hydroxylation sites is 1. The van der Waals surface area contributed by atoms with Crippen LogP contribution in [0.2, 0.25) is 5.02 Å². The molecule has 0 unspecified atom stereocenters. The van der Waals surface area contributed by atoms with Crippen LogP contribution in [-0.2, 0) is 4.79 Å². The molecule has 1 aromatic heterocycles. The van der Waals surface area contributed by atoms with Gasteiger partial charge in [0.2, 0.25) is 5.91 Å². The van der Waals surface area contributed by atoms with E-state index in [1.54, 1.807) is 6.20 Å². The Kier molecular flexibility index (Phi) is 4.91. The topological polar surface area (TPSA) is 54.0 Å². The molecule has 122 valence electrons. The van der Waals surface area contributed by atoms with Crippen molar-refractivity contribution in [2.24, 2.45) is 0 Å². The SMILES string of the molecule is O=C(CCNc1cccc2cccnc12)Nc1ccc(F)c(Cl)c1. The lowest BCUT2D eigenvalue weighted by Crippen LogP contribution is -2.16. The lowest BCUT2D eigenvalue weighted by molar-refractivity contribution is -0.115. The molecule has 0 aliphatic heterocycles. The van der Waals surface area contributed by atoms with Crippen LogP contribution < -0.4 is 10.6 Å². The first-order valence-electron chi connectivity index (χ1n) is 7.46. The van der Waals surface area contributed by atoms with Crippen molar-refractivity contribution in [2.75, 3.05) is 17.2 Å². The van der Waals surface area contributed by atoms with Gasteiger partial charge in [0.25, 0.3) is 0 Å². The molecule has 0 fully saturated rings. The van der Waals surface area contributed by atoms with E-state index in [9.17, 15) is 9.18 Å². The van der Waals surface area contributed by atoms with Crippen LogP contribution in [0.15, 0.2) is 54.7 Å². The Morgan fingerprint density at radius 1 is 1.17 bits per heavy atom. The van der Waals surface area contributed by atoms with Crippen LogP contribution in [0.1, 0.15) is 6.42 Å². The molecule has 2 N–H and O–H groups in total. The molecule has 0 spiro atoms. The van der Waals surface area contributed by atoms with Gasteiger partial charge in [-0.05, 0) is 30.3 Å². The number of hydrogen-bond donors (Lipinski definition) is 2. The molecule has 24 heavy (non-hydrogen) atoms. The lowest BCUT2D eigenvalue weighted by Gasteiger charge is -2.09. The molecule has 3 aromatic rings. The number of rotatable bonds is 5. The minimum atomic E-state index is -0.514. The summed E-state index contributed by atoms with van der Waals surface area (Å²) in [7, 11) is 0. The van der Waals surface area contributed by atoms with Crippen molar-refractivity contribution in [3.63, 3.8) is 0 Å². The number of fused-ring (bicyclic) bond motifs is 1. The van der Waals surface area contributed by atoms with Crippen molar-refractivity contribution in [1.82, 2.24) is 4.98 Å². The van der Waals surface area contributed by atoms with Crippen molar-refractivity contribution in [3.05, 3.63) is 65.6 Å². The summed E-state index contributed by atoms with van der Waals surface area (Å²) in [5.74, 6) is -0.696. The second-order valence-electron chi connectivity index (χ2n) is 5.23.